The molecule has 4 rings (SSSR count). The number of rotatable bonds is 6. The highest BCUT2D eigenvalue weighted by Crippen LogP contribution is 2.37. The number of hydrogen-bond donors (Lipinski definition) is 1. The van der Waals surface area contributed by atoms with Crippen LogP contribution in [0.15, 0.2) is 22.7 Å². The van der Waals surface area contributed by atoms with E-state index in [1.54, 1.807) is 22.7 Å². The van der Waals surface area contributed by atoms with Gasteiger partial charge in [-0.1, -0.05) is 17.8 Å². The van der Waals surface area contributed by atoms with Gasteiger partial charge in [-0.3, -0.25) is 4.79 Å². The standard InChI is InChI=1S/C19H19N5OS3/c1-24-17(15-7-4-9-26-15)22-23-19(24)27-10-8-16(25)21-18-13(11-20)12-5-2-3-6-14(12)28-18/h4,7,9H,2-3,5-6,8,10H2,1H3,(H,21,25). The number of nitriles is 1. The van der Waals surface area contributed by atoms with Crippen LogP contribution in [0.4, 0.5) is 5.00 Å². The number of aryl methyl sites for hydroxylation is 1. The van der Waals surface area contributed by atoms with Crippen molar-refractivity contribution in [2.75, 3.05) is 11.1 Å². The summed E-state index contributed by atoms with van der Waals surface area (Å²) in [6.07, 6.45) is 4.60. The molecule has 3 aromatic rings. The highest BCUT2D eigenvalue weighted by molar-refractivity contribution is 7.99. The SMILES string of the molecule is Cn1c(SCCC(=O)Nc2sc3c(c2C#N)CCCC3)nnc1-c1cccs1. The van der Waals surface area contributed by atoms with Crippen molar-refractivity contribution in [2.45, 2.75) is 37.3 Å². The Labute approximate surface area is 175 Å². The Morgan fingerprint density at radius 1 is 1.39 bits per heavy atom. The van der Waals surface area contributed by atoms with Gasteiger partial charge in [0.05, 0.1) is 10.4 Å². The normalized spacial score (nSPS) is 13.1. The van der Waals surface area contributed by atoms with E-state index < -0.39 is 0 Å². The predicted molar refractivity (Wildman–Crippen MR) is 114 cm³/mol. The fourth-order valence-corrected chi connectivity index (χ4v) is 6.11. The number of amides is 1. The molecule has 0 saturated carbocycles. The van der Waals surface area contributed by atoms with Crippen LogP contribution in [0.2, 0.25) is 0 Å². The van der Waals surface area contributed by atoms with Gasteiger partial charge in [-0.05, 0) is 42.7 Å². The quantitative estimate of drug-likeness (QED) is 0.584. The number of aromatic nitrogens is 3. The van der Waals surface area contributed by atoms with E-state index in [-0.39, 0.29) is 5.91 Å². The molecule has 3 heterocycles. The topological polar surface area (TPSA) is 83.6 Å². The van der Waals surface area contributed by atoms with Crippen molar-refractivity contribution in [1.82, 2.24) is 14.8 Å². The average molecular weight is 430 g/mol. The summed E-state index contributed by atoms with van der Waals surface area (Å²) in [5.41, 5.74) is 1.80. The minimum Gasteiger partial charge on any atom is -0.317 e. The van der Waals surface area contributed by atoms with Gasteiger partial charge in [-0.15, -0.1) is 32.9 Å². The van der Waals surface area contributed by atoms with Gasteiger partial charge >= 0.3 is 0 Å². The number of carbonyl (C=O) groups excluding carboxylic acids is 1. The molecular weight excluding hydrogens is 410 g/mol. The number of thioether (sulfide) groups is 1. The van der Waals surface area contributed by atoms with E-state index in [2.05, 4.69) is 21.6 Å². The fraction of sp³-hybridized carbons (Fsp3) is 0.368. The van der Waals surface area contributed by atoms with E-state index >= 15 is 0 Å². The van der Waals surface area contributed by atoms with Gasteiger partial charge in [0.1, 0.15) is 11.1 Å². The Morgan fingerprint density at radius 3 is 3.04 bits per heavy atom. The molecule has 0 bridgehead atoms. The monoisotopic (exact) mass is 429 g/mol. The number of nitrogens with zero attached hydrogens (tertiary/aromatic N) is 4. The molecule has 1 aliphatic rings. The number of hydrogen-bond acceptors (Lipinski definition) is 7. The summed E-state index contributed by atoms with van der Waals surface area (Å²) < 4.78 is 1.95. The Morgan fingerprint density at radius 2 is 2.25 bits per heavy atom. The fourth-order valence-electron chi connectivity index (χ4n) is 3.26. The summed E-state index contributed by atoms with van der Waals surface area (Å²) >= 11 is 4.70. The Bertz CT molecular complexity index is 1030. The van der Waals surface area contributed by atoms with E-state index in [0.717, 1.165) is 47.1 Å². The van der Waals surface area contributed by atoms with Gasteiger partial charge in [0, 0.05) is 24.1 Å². The molecule has 0 spiro atoms. The lowest BCUT2D eigenvalue weighted by Gasteiger charge is -2.09. The van der Waals surface area contributed by atoms with Crippen molar-refractivity contribution in [2.24, 2.45) is 7.05 Å². The molecule has 0 aromatic carbocycles. The van der Waals surface area contributed by atoms with Gasteiger partial charge in [-0.25, -0.2) is 0 Å². The summed E-state index contributed by atoms with van der Waals surface area (Å²) in [6, 6.07) is 6.29. The van der Waals surface area contributed by atoms with Crippen molar-refractivity contribution in [1.29, 1.82) is 5.26 Å². The first-order valence-corrected chi connectivity index (χ1v) is 11.8. The second-order valence-electron chi connectivity index (χ2n) is 6.52. The minimum atomic E-state index is -0.0664. The van der Waals surface area contributed by atoms with E-state index in [1.807, 2.05) is 29.1 Å². The molecule has 3 aromatic heterocycles. The lowest BCUT2D eigenvalue weighted by Crippen LogP contribution is -2.12. The smallest absolute Gasteiger partial charge is 0.225 e. The van der Waals surface area contributed by atoms with Crippen molar-refractivity contribution >= 4 is 45.3 Å². The van der Waals surface area contributed by atoms with Gasteiger partial charge in [-0.2, -0.15) is 5.26 Å². The molecule has 0 saturated heterocycles. The Kier molecular flexibility index (Phi) is 5.80. The predicted octanol–water partition coefficient (Wildman–Crippen LogP) is 4.48. The summed E-state index contributed by atoms with van der Waals surface area (Å²) in [5, 5.41) is 24.4. The third kappa shape index (κ3) is 3.85. The van der Waals surface area contributed by atoms with Gasteiger partial charge < -0.3 is 9.88 Å². The maximum atomic E-state index is 12.4. The van der Waals surface area contributed by atoms with Crippen molar-refractivity contribution in [3.8, 4) is 16.8 Å². The largest absolute Gasteiger partial charge is 0.317 e. The second-order valence-corrected chi connectivity index (χ2v) is 9.63. The molecular formula is C19H19N5OS3. The zero-order chi connectivity index (χ0) is 19.5. The number of fused-ring (bicyclic) bond motifs is 1. The average Bonchev–Trinajstić information content (AvgIpc) is 3.41. The summed E-state index contributed by atoms with van der Waals surface area (Å²) in [6.45, 7) is 0. The van der Waals surface area contributed by atoms with Crippen LogP contribution in [0.1, 0.15) is 35.3 Å². The Hall–Kier alpha value is -2.15. The first-order chi connectivity index (χ1) is 13.7. The molecule has 0 unspecified atom stereocenters. The highest BCUT2D eigenvalue weighted by Gasteiger charge is 2.21. The second kappa shape index (κ2) is 8.47. The van der Waals surface area contributed by atoms with Crippen LogP contribution >= 0.6 is 34.4 Å². The molecule has 0 aliphatic heterocycles. The Balaban J connectivity index is 1.35. The van der Waals surface area contributed by atoms with E-state index in [4.69, 9.17) is 0 Å². The number of nitrogens with one attached hydrogen (secondary N) is 1. The first-order valence-electron chi connectivity index (χ1n) is 9.08. The molecule has 1 amide bonds. The summed E-state index contributed by atoms with van der Waals surface area (Å²) in [4.78, 5) is 14.7. The van der Waals surface area contributed by atoms with Crippen molar-refractivity contribution in [3.63, 3.8) is 0 Å². The van der Waals surface area contributed by atoms with Gasteiger partial charge in [0.25, 0.3) is 0 Å². The van der Waals surface area contributed by atoms with E-state index in [9.17, 15) is 10.1 Å². The number of thiophene rings is 2. The zero-order valence-electron chi connectivity index (χ0n) is 15.4. The maximum absolute atomic E-state index is 12.4. The third-order valence-corrected chi connectivity index (χ3v) is 7.77. The maximum Gasteiger partial charge on any atom is 0.225 e. The lowest BCUT2D eigenvalue weighted by molar-refractivity contribution is -0.115. The van der Waals surface area contributed by atoms with Crippen LogP contribution in [0, 0.1) is 11.3 Å². The van der Waals surface area contributed by atoms with E-state index in [1.165, 1.54) is 16.6 Å². The number of carbonyl (C=O) groups is 1. The van der Waals surface area contributed by atoms with Crippen LogP contribution < -0.4 is 5.32 Å². The minimum absolute atomic E-state index is 0.0664. The molecule has 0 radical (unpaired) electrons. The molecule has 28 heavy (non-hydrogen) atoms. The van der Waals surface area contributed by atoms with Crippen LogP contribution in [0.5, 0.6) is 0 Å². The summed E-state index contributed by atoms with van der Waals surface area (Å²) in [5.74, 6) is 1.38. The highest BCUT2D eigenvalue weighted by atomic mass is 32.2. The van der Waals surface area contributed by atoms with E-state index in [0.29, 0.717) is 22.7 Å². The van der Waals surface area contributed by atoms with Crippen LogP contribution in [0.25, 0.3) is 10.7 Å². The molecule has 144 valence electrons. The first kappa shape index (κ1) is 19.2. The lowest BCUT2D eigenvalue weighted by atomic mass is 9.96. The molecule has 1 aliphatic carbocycles. The molecule has 0 atom stereocenters. The third-order valence-electron chi connectivity index (χ3n) is 4.67. The molecule has 0 fully saturated rings. The zero-order valence-corrected chi connectivity index (χ0v) is 17.8. The van der Waals surface area contributed by atoms with Crippen molar-refractivity contribution < 1.29 is 4.79 Å². The van der Waals surface area contributed by atoms with Gasteiger partial charge in [0.2, 0.25) is 5.91 Å². The summed E-state index contributed by atoms with van der Waals surface area (Å²) in [7, 11) is 1.94. The molecule has 6 nitrogen and oxygen atoms in total. The number of anilines is 1. The van der Waals surface area contributed by atoms with Crippen LogP contribution in [-0.4, -0.2) is 26.4 Å². The molecule has 1 N–H and O–H groups in total. The van der Waals surface area contributed by atoms with Crippen LogP contribution in [-0.2, 0) is 24.7 Å². The van der Waals surface area contributed by atoms with Crippen molar-refractivity contribution in [3.05, 3.63) is 33.5 Å². The van der Waals surface area contributed by atoms with Gasteiger partial charge in [0.15, 0.2) is 11.0 Å². The van der Waals surface area contributed by atoms with Crippen LogP contribution in [0.3, 0.4) is 0 Å². The molecule has 9 heteroatoms.